The van der Waals surface area contributed by atoms with Gasteiger partial charge in [0, 0.05) is 11.6 Å². The molecule has 1 aromatic carbocycles. The average molecular weight is 288 g/mol. The predicted octanol–water partition coefficient (Wildman–Crippen LogP) is 4.22. The van der Waals surface area contributed by atoms with Gasteiger partial charge in [-0.2, -0.15) is 0 Å². The molecule has 0 heterocycles. The maximum Gasteiger partial charge on any atom is 0.138 e. The van der Waals surface area contributed by atoms with E-state index in [1.807, 2.05) is 18.2 Å². The van der Waals surface area contributed by atoms with E-state index in [1.165, 1.54) is 0 Å². The van der Waals surface area contributed by atoms with E-state index in [4.69, 9.17) is 27.9 Å². The smallest absolute Gasteiger partial charge is 0.138 e. The number of hydrogen-bond acceptors (Lipinski definition) is 2. The van der Waals surface area contributed by atoms with E-state index in [-0.39, 0.29) is 6.61 Å². The lowest BCUT2D eigenvalue weighted by molar-refractivity contribution is 0.359. The molecule has 4 heteroatoms. The fraction of sp³-hybridized carbons (Fsp3) is 0.429. The number of hydrogen-bond donors (Lipinski definition) is 1. The zero-order valence-electron chi connectivity index (χ0n) is 10.8. The first-order chi connectivity index (χ1) is 8.49. The molecule has 0 aliphatic rings. The summed E-state index contributed by atoms with van der Waals surface area (Å²) in [4.78, 5) is 0. The zero-order chi connectivity index (χ0) is 13.5. The van der Waals surface area contributed by atoms with E-state index in [0.29, 0.717) is 21.7 Å². The Morgan fingerprint density at radius 1 is 1.44 bits per heavy atom. The molecule has 1 N–H and O–H groups in total. The summed E-state index contributed by atoms with van der Waals surface area (Å²) in [7, 11) is 0. The molecule has 18 heavy (non-hydrogen) atoms. The quantitative estimate of drug-likeness (QED) is 0.811. The third-order valence-electron chi connectivity index (χ3n) is 2.26. The van der Waals surface area contributed by atoms with Crippen LogP contribution in [-0.4, -0.2) is 13.2 Å². The summed E-state index contributed by atoms with van der Waals surface area (Å²) in [6.45, 7) is 9.98. The van der Waals surface area contributed by atoms with E-state index in [1.54, 1.807) is 0 Å². The topological polar surface area (TPSA) is 21.3 Å². The van der Waals surface area contributed by atoms with Gasteiger partial charge in [-0.15, -0.1) is 0 Å². The van der Waals surface area contributed by atoms with Gasteiger partial charge in [-0.25, -0.2) is 0 Å². The molecule has 0 spiro atoms. The first kappa shape index (κ1) is 15.4. The maximum absolute atomic E-state index is 6.13. The average Bonchev–Trinajstić information content (AvgIpc) is 2.27. The van der Waals surface area contributed by atoms with Crippen molar-refractivity contribution >= 4 is 23.2 Å². The first-order valence-electron chi connectivity index (χ1n) is 5.94. The van der Waals surface area contributed by atoms with Gasteiger partial charge < -0.3 is 10.1 Å². The molecule has 0 saturated heterocycles. The number of benzene rings is 1. The van der Waals surface area contributed by atoms with Crippen LogP contribution in [0.1, 0.15) is 19.4 Å². The number of rotatable bonds is 7. The molecule has 0 aliphatic heterocycles. The minimum atomic E-state index is 0.270. The highest BCUT2D eigenvalue weighted by Gasteiger charge is 2.04. The van der Waals surface area contributed by atoms with Gasteiger partial charge in [0.1, 0.15) is 12.4 Å². The Hall–Kier alpha value is -0.700. The molecular formula is C14H19Cl2NO. The van der Waals surface area contributed by atoms with Crippen LogP contribution in [0.4, 0.5) is 0 Å². The van der Waals surface area contributed by atoms with Crippen LogP contribution in [0.3, 0.4) is 0 Å². The van der Waals surface area contributed by atoms with Crippen molar-refractivity contribution in [3.63, 3.8) is 0 Å². The monoisotopic (exact) mass is 287 g/mol. The van der Waals surface area contributed by atoms with Crippen molar-refractivity contribution in [2.75, 3.05) is 13.2 Å². The molecule has 0 radical (unpaired) electrons. The Labute approximate surface area is 119 Å². The molecule has 1 rings (SSSR count). The third kappa shape index (κ3) is 5.76. The van der Waals surface area contributed by atoms with Gasteiger partial charge in [0.05, 0.1) is 5.02 Å². The van der Waals surface area contributed by atoms with Crippen LogP contribution in [0.2, 0.25) is 5.02 Å². The molecule has 0 fully saturated rings. The second-order valence-corrected chi connectivity index (χ2v) is 5.54. The number of nitrogens with one attached hydrogen (secondary N) is 1. The Bertz CT molecular complexity index is 405. The summed E-state index contributed by atoms with van der Waals surface area (Å²) in [5.74, 6) is 1.27. The van der Waals surface area contributed by atoms with E-state index in [0.717, 1.165) is 18.7 Å². The molecule has 1 aromatic rings. The van der Waals surface area contributed by atoms with Gasteiger partial charge in [-0.1, -0.05) is 49.7 Å². The summed E-state index contributed by atoms with van der Waals surface area (Å²) in [5.41, 5.74) is 1.14. The zero-order valence-corrected chi connectivity index (χ0v) is 12.3. The Kier molecular flexibility index (Phi) is 6.55. The predicted molar refractivity (Wildman–Crippen MR) is 78.5 cm³/mol. The minimum absolute atomic E-state index is 0.270. The molecule has 0 aliphatic carbocycles. The van der Waals surface area contributed by atoms with Gasteiger partial charge >= 0.3 is 0 Å². The fourth-order valence-corrected chi connectivity index (χ4v) is 1.74. The summed E-state index contributed by atoms with van der Waals surface area (Å²) in [5, 5.41) is 4.41. The second kappa shape index (κ2) is 7.67. The number of ether oxygens (including phenoxy) is 1. The van der Waals surface area contributed by atoms with Crippen LogP contribution in [-0.2, 0) is 6.54 Å². The normalized spacial score (nSPS) is 10.7. The summed E-state index contributed by atoms with van der Waals surface area (Å²) in [6, 6.07) is 5.75. The van der Waals surface area contributed by atoms with Gasteiger partial charge in [-0.3, -0.25) is 0 Å². The van der Waals surface area contributed by atoms with Gasteiger partial charge in [0.15, 0.2) is 0 Å². The molecular weight excluding hydrogens is 269 g/mol. The molecule has 0 unspecified atom stereocenters. The lowest BCUT2D eigenvalue weighted by Gasteiger charge is -2.10. The van der Waals surface area contributed by atoms with Crippen molar-refractivity contribution in [1.82, 2.24) is 5.32 Å². The molecule has 0 saturated carbocycles. The summed E-state index contributed by atoms with van der Waals surface area (Å²) in [6.07, 6.45) is 0. The maximum atomic E-state index is 6.13. The van der Waals surface area contributed by atoms with Crippen molar-refractivity contribution in [3.8, 4) is 5.75 Å². The van der Waals surface area contributed by atoms with Crippen molar-refractivity contribution in [2.45, 2.75) is 20.4 Å². The van der Waals surface area contributed by atoms with Crippen LogP contribution < -0.4 is 10.1 Å². The van der Waals surface area contributed by atoms with Crippen LogP contribution in [0.15, 0.2) is 29.8 Å². The van der Waals surface area contributed by atoms with Gasteiger partial charge in [0.25, 0.3) is 0 Å². The fourth-order valence-electron chi connectivity index (χ4n) is 1.43. The third-order valence-corrected chi connectivity index (χ3v) is 2.67. The van der Waals surface area contributed by atoms with E-state index < -0.39 is 0 Å². The summed E-state index contributed by atoms with van der Waals surface area (Å²) >= 11 is 11.8. The largest absolute Gasteiger partial charge is 0.486 e. The summed E-state index contributed by atoms with van der Waals surface area (Å²) < 4.78 is 5.41. The lowest BCUT2D eigenvalue weighted by atomic mass is 10.2. The van der Waals surface area contributed by atoms with Crippen molar-refractivity contribution < 1.29 is 4.74 Å². The SMILES string of the molecule is C=C(Cl)COc1ccc(CNCC(C)C)cc1Cl. The molecule has 2 nitrogen and oxygen atoms in total. The highest BCUT2D eigenvalue weighted by molar-refractivity contribution is 6.32. The number of halogens is 2. The van der Waals surface area contributed by atoms with Crippen molar-refractivity contribution in [1.29, 1.82) is 0 Å². The minimum Gasteiger partial charge on any atom is -0.486 e. The Morgan fingerprint density at radius 3 is 2.72 bits per heavy atom. The van der Waals surface area contributed by atoms with Gasteiger partial charge in [0.2, 0.25) is 0 Å². The Balaban J connectivity index is 2.53. The molecule has 0 bridgehead atoms. The van der Waals surface area contributed by atoms with Crippen LogP contribution in [0, 0.1) is 5.92 Å². The molecule has 0 amide bonds. The standard InChI is InChI=1S/C14H19Cl2NO/c1-10(2)7-17-8-12-4-5-14(13(16)6-12)18-9-11(3)15/h4-6,10,17H,3,7-9H2,1-2H3. The highest BCUT2D eigenvalue weighted by atomic mass is 35.5. The van der Waals surface area contributed by atoms with Crippen molar-refractivity contribution in [2.24, 2.45) is 5.92 Å². The van der Waals surface area contributed by atoms with Crippen LogP contribution >= 0.6 is 23.2 Å². The first-order valence-corrected chi connectivity index (χ1v) is 6.70. The van der Waals surface area contributed by atoms with E-state index in [9.17, 15) is 0 Å². The molecule has 0 atom stereocenters. The van der Waals surface area contributed by atoms with E-state index >= 15 is 0 Å². The highest BCUT2D eigenvalue weighted by Crippen LogP contribution is 2.26. The lowest BCUT2D eigenvalue weighted by Crippen LogP contribution is -2.18. The van der Waals surface area contributed by atoms with Crippen LogP contribution in [0.5, 0.6) is 5.75 Å². The van der Waals surface area contributed by atoms with Crippen molar-refractivity contribution in [3.05, 3.63) is 40.4 Å². The molecule has 100 valence electrons. The van der Waals surface area contributed by atoms with Crippen LogP contribution in [0.25, 0.3) is 0 Å². The Morgan fingerprint density at radius 2 is 2.17 bits per heavy atom. The van der Waals surface area contributed by atoms with E-state index in [2.05, 4.69) is 25.7 Å². The second-order valence-electron chi connectivity index (χ2n) is 4.60. The van der Waals surface area contributed by atoms with Gasteiger partial charge in [-0.05, 0) is 30.2 Å². The molecule has 0 aromatic heterocycles.